The third kappa shape index (κ3) is 3.75. The Labute approximate surface area is 104 Å². The number of rotatable bonds is 5. The number of alkyl halides is 2. The van der Waals surface area contributed by atoms with E-state index >= 15 is 0 Å². The van der Waals surface area contributed by atoms with E-state index in [1.54, 1.807) is 0 Å². The highest BCUT2D eigenvalue weighted by Crippen LogP contribution is 2.18. The van der Waals surface area contributed by atoms with Crippen LogP contribution in [0.1, 0.15) is 12.5 Å². The van der Waals surface area contributed by atoms with Crippen molar-refractivity contribution in [3.63, 3.8) is 0 Å². The van der Waals surface area contributed by atoms with E-state index in [1.807, 2.05) is 25.1 Å². The summed E-state index contributed by atoms with van der Waals surface area (Å²) in [6.07, 6.45) is 0. The lowest BCUT2D eigenvalue weighted by Crippen LogP contribution is -2.32. The highest BCUT2D eigenvalue weighted by atomic mass is 127. The van der Waals surface area contributed by atoms with Crippen molar-refractivity contribution in [2.45, 2.75) is 19.1 Å². The van der Waals surface area contributed by atoms with Crippen molar-refractivity contribution in [2.75, 3.05) is 10.3 Å². The molecule has 0 saturated carbocycles. The average molecular weight is 325 g/mol. The number of ether oxygens (including phenoxy) is 1. The molecule has 0 heterocycles. The second-order valence-corrected chi connectivity index (χ2v) is 4.52. The van der Waals surface area contributed by atoms with Gasteiger partial charge in [-0.2, -0.15) is 0 Å². The zero-order valence-corrected chi connectivity index (χ0v) is 11.1. The van der Waals surface area contributed by atoms with E-state index in [0.717, 1.165) is 4.43 Å². The molecule has 1 aromatic rings. The van der Waals surface area contributed by atoms with Gasteiger partial charge in [0, 0.05) is 4.43 Å². The van der Waals surface area contributed by atoms with Crippen molar-refractivity contribution in [2.24, 2.45) is 0 Å². The topological polar surface area (TPSA) is 9.23 Å². The molecule has 0 aliphatic heterocycles. The molecule has 1 atom stereocenters. The number of benzene rings is 1. The Morgan fingerprint density at radius 3 is 2.50 bits per heavy atom. The van der Waals surface area contributed by atoms with E-state index < -0.39 is 0 Å². The molecule has 0 bridgehead atoms. The van der Waals surface area contributed by atoms with Crippen molar-refractivity contribution in [3.8, 4) is 0 Å². The highest BCUT2D eigenvalue weighted by Gasteiger charge is 2.22. The molecule has 0 aliphatic carbocycles. The summed E-state index contributed by atoms with van der Waals surface area (Å²) in [6, 6.07) is 10.1. The van der Waals surface area contributed by atoms with Crippen LogP contribution in [-0.2, 0) is 11.3 Å². The summed E-state index contributed by atoms with van der Waals surface area (Å²) in [5, 5.41) is 0. The monoisotopic (exact) mass is 324 g/mol. The Morgan fingerprint density at radius 2 is 2.00 bits per heavy atom. The Balaban J connectivity index is 2.48. The Hall–Kier alpha value is 0.200. The summed E-state index contributed by atoms with van der Waals surface area (Å²) in [7, 11) is 0. The molecule has 3 heteroatoms. The van der Waals surface area contributed by atoms with Crippen LogP contribution in [0.15, 0.2) is 30.3 Å². The third-order valence-electron chi connectivity index (χ3n) is 2.00. The number of halogens is 2. The zero-order valence-electron chi connectivity index (χ0n) is 8.17. The maximum atomic E-state index is 5.85. The van der Waals surface area contributed by atoms with E-state index in [1.165, 1.54) is 5.56 Å². The van der Waals surface area contributed by atoms with Crippen LogP contribution in [0.3, 0.4) is 0 Å². The van der Waals surface area contributed by atoms with Crippen molar-refractivity contribution in [1.29, 1.82) is 0 Å². The summed E-state index contributed by atoms with van der Waals surface area (Å²) in [5.74, 6) is 0.531. The molecular formula is C11H14ClIO. The summed E-state index contributed by atoms with van der Waals surface area (Å²) < 4.78 is 6.68. The van der Waals surface area contributed by atoms with Gasteiger partial charge in [0.1, 0.15) is 0 Å². The fourth-order valence-electron chi connectivity index (χ4n) is 0.945. The van der Waals surface area contributed by atoms with Crippen LogP contribution in [0.25, 0.3) is 0 Å². The third-order valence-corrected chi connectivity index (χ3v) is 4.17. The predicted octanol–water partition coefficient (Wildman–Crippen LogP) is 3.64. The Bertz CT molecular complexity index is 259. The van der Waals surface area contributed by atoms with Gasteiger partial charge >= 0.3 is 0 Å². The molecule has 78 valence electrons. The normalized spacial score (nSPS) is 15.1. The minimum Gasteiger partial charge on any atom is -0.369 e. The highest BCUT2D eigenvalue weighted by molar-refractivity contribution is 14.1. The van der Waals surface area contributed by atoms with E-state index in [0.29, 0.717) is 12.5 Å². The number of hydrogen-bond acceptors (Lipinski definition) is 1. The van der Waals surface area contributed by atoms with Crippen LogP contribution >= 0.6 is 34.2 Å². The van der Waals surface area contributed by atoms with Gasteiger partial charge < -0.3 is 4.74 Å². The maximum Gasteiger partial charge on any atom is 0.0882 e. The van der Waals surface area contributed by atoms with Gasteiger partial charge in [-0.25, -0.2) is 0 Å². The minimum atomic E-state index is -0.210. The van der Waals surface area contributed by atoms with E-state index in [-0.39, 0.29) is 5.60 Å². The van der Waals surface area contributed by atoms with Gasteiger partial charge in [0.2, 0.25) is 0 Å². The zero-order chi connectivity index (χ0) is 10.4. The van der Waals surface area contributed by atoms with E-state index in [9.17, 15) is 0 Å². The van der Waals surface area contributed by atoms with Crippen LogP contribution in [0.4, 0.5) is 0 Å². The molecule has 0 saturated heterocycles. The van der Waals surface area contributed by atoms with Crippen LogP contribution < -0.4 is 0 Å². The molecule has 0 amide bonds. The lowest BCUT2D eigenvalue weighted by molar-refractivity contribution is -0.00641. The summed E-state index contributed by atoms with van der Waals surface area (Å²) in [6.45, 7) is 2.67. The standard InChI is InChI=1S/C11H14ClIO/c1-11(8-12,9-13)14-7-10-5-3-2-4-6-10/h2-6H,7-9H2,1H3. The molecule has 0 aromatic heterocycles. The van der Waals surface area contributed by atoms with Gasteiger partial charge in [-0.1, -0.05) is 52.9 Å². The minimum absolute atomic E-state index is 0.210. The molecule has 1 aromatic carbocycles. The quantitative estimate of drug-likeness (QED) is 0.593. The molecule has 0 fully saturated rings. The molecule has 1 nitrogen and oxygen atoms in total. The van der Waals surface area contributed by atoms with Crippen molar-refractivity contribution in [3.05, 3.63) is 35.9 Å². The lowest BCUT2D eigenvalue weighted by Gasteiger charge is -2.25. The van der Waals surface area contributed by atoms with Crippen LogP contribution in [0.2, 0.25) is 0 Å². The van der Waals surface area contributed by atoms with Gasteiger partial charge in [-0.05, 0) is 12.5 Å². The molecule has 0 spiro atoms. The summed E-state index contributed by atoms with van der Waals surface area (Å²) in [4.78, 5) is 0. The van der Waals surface area contributed by atoms with E-state index in [2.05, 4.69) is 34.7 Å². The maximum absolute atomic E-state index is 5.85. The first-order valence-electron chi connectivity index (χ1n) is 4.50. The molecule has 0 radical (unpaired) electrons. The Morgan fingerprint density at radius 1 is 1.36 bits per heavy atom. The Kier molecular flexibility index (Phi) is 5.20. The molecule has 0 N–H and O–H groups in total. The molecular weight excluding hydrogens is 310 g/mol. The van der Waals surface area contributed by atoms with Crippen molar-refractivity contribution < 1.29 is 4.74 Å². The summed E-state index contributed by atoms with van der Waals surface area (Å²) >= 11 is 8.14. The molecule has 1 rings (SSSR count). The van der Waals surface area contributed by atoms with Crippen LogP contribution in [-0.4, -0.2) is 15.9 Å². The second kappa shape index (κ2) is 5.93. The van der Waals surface area contributed by atoms with E-state index in [4.69, 9.17) is 16.3 Å². The van der Waals surface area contributed by atoms with Gasteiger partial charge in [-0.15, -0.1) is 11.6 Å². The fraction of sp³-hybridized carbons (Fsp3) is 0.455. The SMILES string of the molecule is CC(CCl)(CI)OCc1ccccc1. The van der Waals surface area contributed by atoms with Crippen LogP contribution in [0.5, 0.6) is 0 Å². The second-order valence-electron chi connectivity index (χ2n) is 3.49. The number of hydrogen-bond donors (Lipinski definition) is 0. The fourth-order valence-corrected chi connectivity index (χ4v) is 1.93. The molecule has 14 heavy (non-hydrogen) atoms. The average Bonchev–Trinajstić information content (AvgIpc) is 2.27. The van der Waals surface area contributed by atoms with Gasteiger partial charge in [-0.3, -0.25) is 0 Å². The molecule has 1 unspecified atom stereocenters. The first kappa shape index (κ1) is 12.3. The van der Waals surface area contributed by atoms with Gasteiger partial charge in [0.25, 0.3) is 0 Å². The smallest absolute Gasteiger partial charge is 0.0882 e. The predicted molar refractivity (Wildman–Crippen MR) is 69.2 cm³/mol. The van der Waals surface area contributed by atoms with Gasteiger partial charge in [0.15, 0.2) is 0 Å². The molecule has 0 aliphatic rings. The first-order chi connectivity index (χ1) is 6.70. The van der Waals surface area contributed by atoms with Crippen molar-refractivity contribution >= 4 is 34.2 Å². The lowest BCUT2D eigenvalue weighted by atomic mass is 10.2. The largest absolute Gasteiger partial charge is 0.369 e. The summed E-state index contributed by atoms with van der Waals surface area (Å²) in [5.41, 5.74) is 0.978. The van der Waals surface area contributed by atoms with Crippen molar-refractivity contribution in [1.82, 2.24) is 0 Å². The van der Waals surface area contributed by atoms with Crippen LogP contribution in [0, 0.1) is 0 Å². The van der Waals surface area contributed by atoms with Gasteiger partial charge in [0.05, 0.1) is 18.1 Å². The first-order valence-corrected chi connectivity index (χ1v) is 6.56.